The van der Waals surface area contributed by atoms with Crippen LogP contribution in [-0.4, -0.2) is 18.5 Å². The number of allylic oxidation sites excluding steroid dienone is 1. The van der Waals surface area contributed by atoms with E-state index in [2.05, 4.69) is 6.58 Å². The molecular weight excluding hydrogens is 404 g/mol. The largest absolute Gasteiger partial charge is 0.462 e. The third-order valence-electron chi connectivity index (χ3n) is 5.73. The van der Waals surface area contributed by atoms with Gasteiger partial charge in [0.1, 0.15) is 5.75 Å². The highest BCUT2D eigenvalue weighted by atomic mass is 16.5. The Morgan fingerprint density at radius 1 is 1.03 bits per heavy atom. The first-order valence-electron chi connectivity index (χ1n) is 10.9. The molecule has 0 unspecified atom stereocenters. The van der Waals surface area contributed by atoms with Crippen LogP contribution in [0, 0.1) is 11.8 Å². The number of carbonyl (C=O) groups is 2. The van der Waals surface area contributed by atoms with Crippen molar-refractivity contribution < 1.29 is 19.1 Å². The van der Waals surface area contributed by atoms with Crippen molar-refractivity contribution in [2.45, 2.75) is 32.1 Å². The monoisotopic (exact) mass is 434 g/mol. The summed E-state index contributed by atoms with van der Waals surface area (Å²) in [5.74, 6) is 0.328. The first-order valence-corrected chi connectivity index (χ1v) is 10.9. The molecule has 0 atom stereocenters. The number of hydrogen-bond donors (Lipinski definition) is 2. The van der Waals surface area contributed by atoms with E-state index in [1.807, 2.05) is 6.08 Å². The molecule has 0 saturated heterocycles. The Morgan fingerprint density at radius 3 is 2.44 bits per heavy atom. The first-order chi connectivity index (χ1) is 15.4. The predicted octanol–water partition coefficient (Wildman–Crippen LogP) is 4.55. The van der Waals surface area contributed by atoms with Gasteiger partial charge in [-0.3, -0.25) is 4.79 Å². The van der Waals surface area contributed by atoms with Crippen molar-refractivity contribution in [3.05, 3.63) is 72.3 Å². The number of nitrogens with two attached hydrogens (primary N) is 2. The summed E-state index contributed by atoms with van der Waals surface area (Å²) in [6.45, 7) is 4.04. The van der Waals surface area contributed by atoms with Crippen molar-refractivity contribution in [1.82, 2.24) is 0 Å². The highest BCUT2D eigenvalue weighted by molar-refractivity contribution is 5.87. The van der Waals surface area contributed by atoms with E-state index in [1.54, 1.807) is 48.5 Å². The van der Waals surface area contributed by atoms with Crippen molar-refractivity contribution in [2.24, 2.45) is 11.8 Å². The minimum atomic E-state index is -0.446. The van der Waals surface area contributed by atoms with E-state index in [1.165, 1.54) is 6.08 Å². The molecule has 0 aromatic heterocycles. The minimum Gasteiger partial charge on any atom is -0.462 e. The van der Waals surface area contributed by atoms with Crippen molar-refractivity contribution in [3.63, 3.8) is 0 Å². The summed E-state index contributed by atoms with van der Waals surface area (Å²) < 4.78 is 10.7. The predicted molar refractivity (Wildman–Crippen MR) is 127 cm³/mol. The fourth-order valence-corrected chi connectivity index (χ4v) is 3.75. The van der Waals surface area contributed by atoms with Gasteiger partial charge in [0.15, 0.2) is 0 Å². The maximum Gasteiger partial charge on any atom is 0.330 e. The van der Waals surface area contributed by atoms with Gasteiger partial charge >= 0.3 is 11.9 Å². The molecule has 2 aromatic rings. The maximum atomic E-state index is 12.4. The third kappa shape index (κ3) is 6.74. The molecule has 1 aliphatic carbocycles. The Labute approximate surface area is 188 Å². The molecule has 0 spiro atoms. The summed E-state index contributed by atoms with van der Waals surface area (Å²) in [5.41, 5.74) is 14.5. The second kappa shape index (κ2) is 11.2. The molecule has 0 heterocycles. The molecule has 2 aromatic carbocycles. The standard InChI is InChI=1S/C26H30N2O4/c1-2-18-3-8-20(9-4-18)26(30)32-23-11-5-19(6-12-23)7-14-25(29)31-16-15-21-17-22(27)10-13-24(21)28/h2,5-7,10-14,17-18,20H,1,3-4,8-9,15-16,27-28H2/b14-7+. The lowest BCUT2D eigenvalue weighted by atomic mass is 9.82. The van der Waals surface area contributed by atoms with E-state index in [4.69, 9.17) is 20.9 Å². The second-order valence-electron chi connectivity index (χ2n) is 8.05. The van der Waals surface area contributed by atoms with Crippen LogP contribution in [0.2, 0.25) is 0 Å². The molecule has 0 amide bonds. The van der Waals surface area contributed by atoms with Gasteiger partial charge in [0.25, 0.3) is 0 Å². The van der Waals surface area contributed by atoms with Gasteiger partial charge in [0.2, 0.25) is 0 Å². The van der Waals surface area contributed by atoms with Gasteiger partial charge in [-0.25, -0.2) is 4.79 Å². The van der Waals surface area contributed by atoms with Crippen LogP contribution in [0.1, 0.15) is 36.8 Å². The molecular formula is C26H30N2O4. The van der Waals surface area contributed by atoms with Crippen LogP contribution in [0.5, 0.6) is 5.75 Å². The Balaban J connectivity index is 1.43. The number of hydrogen-bond acceptors (Lipinski definition) is 6. The molecule has 168 valence electrons. The molecule has 1 saturated carbocycles. The third-order valence-corrected chi connectivity index (χ3v) is 5.73. The quantitative estimate of drug-likeness (QED) is 0.208. The molecule has 0 radical (unpaired) electrons. The highest BCUT2D eigenvalue weighted by Gasteiger charge is 2.26. The number of rotatable bonds is 8. The van der Waals surface area contributed by atoms with Crippen LogP contribution >= 0.6 is 0 Å². The normalized spacial score (nSPS) is 18.2. The molecule has 32 heavy (non-hydrogen) atoms. The second-order valence-corrected chi connectivity index (χ2v) is 8.05. The van der Waals surface area contributed by atoms with E-state index in [9.17, 15) is 9.59 Å². The zero-order valence-corrected chi connectivity index (χ0v) is 18.2. The summed E-state index contributed by atoms with van der Waals surface area (Å²) in [6.07, 6.45) is 9.11. The molecule has 1 aliphatic rings. The van der Waals surface area contributed by atoms with Gasteiger partial charge in [-0.1, -0.05) is 18.2 Å². The lowest BCUT2D eigenvalue weighted by molar-refractivity contribution is -0.140. The van der Waals surface area contributed by atoms with E-state index < -0.39 is 5.97 Å². The van der Waals surface area contributed by atoms with Crippen LogP contribution in [0.3, 0.4) is 0 Å². The Hall–Kier alpha value is -3.54. The molecule has 0 aliphatic heterocycles. The van der Waals surface area contributed by atoms with Gasteiger partial charge in [0.05, 0.1) is 12.5 Å². The maximum absolute atomic E-state index is 12.4. The smallest absolute Gasteiger partial charge is 0.330 e. The van der Waals surface area contributed by atoms with Crippen LogP contribution in [0.15, 0.2) is 61.2 Å². The van der Waals surface area contributed by atoms with E-state index in [0.29, 0.717) is 29.5 Å². The number of carbonyl (C=O) groups excluding carboxylic acids is 2. The van der Waals surface area contributed by atoms with Gasteiger partial charge in [-0.15, -0.1) is 6.58 Å². The van der Waals surface area contributed by atoms with Crippen molar-refractivity contribution in [2.75, 3.05) is 18.1 Å². The zero-order valence-electron chi connectivity index (χ0n) is 18.2. The van der Waals surface area contributed by atoms with Crippen LogP contribution in [0.25, 0.3) is 6.08 Å². The van der Waals surface area contributed by atoms with Gasteiger partial charge in [-0.05, 0) is 79.1 Å². The Bertz CT molecular complexity index is 974. The molecule has 4 N–H and O–H groups in total. The molecule has 3 rings (SSSR count). The summed E-state index contributed by atoms with van der Waals surface area (Å²) in [6, 6.07) is 12.3. The van der Waals surface area contributed by atoms with E-state index in [0.717, 1.165) is 36.8 Å². The fraction of sp³-hybridized carbons (Fsp3) is 0.308. The van der Waals surface area contributed by atoms with Crippen molar-refractivity contribution in [1.29, 1.82) is 0 Å². The highest BCUT2D eigenvalue weighted by Crippen LogP contribution is 2.30. The number of nitrogen functional groups attached to an aromatic ring is 2. The van der Waals surface area contributed by atoms with Crippen molar-refractivity contribution in [3.8, 4) is 5.75 Å². The molecule has 1 fully saturated rings. The van der Waals surface area contributed by atoms with Gasteiger partial charge in [0, 0.05) is 23.9 Å². The molecule has 6 nitrogen and oxygen atoms in total. The van der Waals surface area contributed by atoms with Gasteiger partial charge in [-0.2, -0.15) is 0 Å². The number of benzene rings is 2. The topological polar surface area (TPSA) is 105 Å². The fourth-order valence-electron chi connectivity index (χ4n) is 3.75. The first kappa shape index (κ1) is 23.1. The SMILES string of the molecule is C=CC1CCC(C(=O)Oc2ccc(/C=C/C(=O)OCCc3cc(N)ccc3N)cc2)CC1. The summed E-state index contributed by atoms with van der Waals surface area (Å²) in [4.78, 5) is 24.3. The van der Waals surface area contributed by atoms with Crippen LogP contribution in [0.4, 0.5) is 11.4 Å². The number of esters is 2. The Morgan fingerprint density at radius 2 is 1.75 bits per heavy atom. The van der Waals surface area contributed by atoms with E-state index in [-0.39, 0.29) is 18.5 Å². The minimum absolute atomic E-state index is 0.0526. The molecule has 6 heteroatoms. The number of ether oxygens (including phenoxy) is 2. The number of anilines is 2. The molecule has 0 bridgehead atoms. The summed E-state index contributed by atoms with van der Waals surface area (Å²) in [7, 11) is 0. The Kier molecular flexibility index (Phi) is 8.08. The van der Waals surface area contributed by atoms with E-state index >= 15 is 0 Å². The lowest BCUT2D eigenvalue weighted by Gasteiger charge is -2.24. The summed E-state index contributed by atoms with van der Waals surface area (Å²) in [5, 5.41) is 0. The zero-order chi connectivity index (χ0) is 22.9. The lowest BCUT2D eigenvalue weighted by Crippen LogP contribution is -2.25. The summed E-state index contributed by atoms with van der Waals surface area (Å²) >= 11 is 0. The average molecular weight is 435 g/mol. The van der Waals surface area contributed by atoms with Crippen LogP contribution in [-0.2, 0) is 20.7 Å². The average Bonchev–Trinajstić information content (AvgIpc) is 2.81. The van der Waals surface area contributed by atoms with Crippen LogP contribution < -0.4 is 16.2 Å². The van der Waals surface area contributed by atoms with Gasteiger partial charge < -0.3 is 20.9 Å². The van der Waals surface area contributed by atoms with Crippen molar-refractivity contribution >= 4 is 29.4 Å².